The van der Waals surface area contributed by atoms with Crippen molar-refractivity contribution in [2.24, 2.45) is 0 Å². The van der Waals surface area contributed by atoms with Crippen molar-refractivity contribution in [1.29, 1.82) is 0 Å². The first-order chi connectivity index (χ1) is 12.5. The summed E-state index contributed by atoms with van der Waals surface area (Å²) in [6.07, 6.45) is 12.2. The van der Waals surface area contributed by atoms with Gasteiger partial charge >= 0.3 is 0 Å². The van der Waals surface area contributed by atoms with Crippen molar-refractivity contribution in [2.45, 2.75) is 84.0 Å². The third-order valence-electron chi connectivity index (χ3n) is 5.58. The Morgan fingerprint density at radius 3 is 1.65 bits per heavy atom. The Morgan fingerprint density at radius 1 is 0.654 bits per heavy atom. The average molecular weight is 353 g/mol. The van der Waals surface area contributed by atoms with Gasteiger partial charge in [-0.15, -0.1) is 0 Å². The van der Waals surface area contributed by atoms with Crippen LogP contribution in [0.2, 0.25) is 0 Å². The molecule has 0 aromatic heterocycles. The summed E-state index contributed by atoms with van der Waals surface area (Å²) in [5, 5.41) is 9.50. The summed E-state index contributed by atoms with van der Waals surface area (Å²) < 4.78 is 0. The highest BCUT2D eigenvalue weighted by Crippen LogP contribution is 2.32. The molecule has 0 amide bonds. The summed E-state index contributed by atoms with van der Waals surface area (Å²) in [6, 6.07) is 16.7. The molecule has 0 aliphatic heterocycles. The van der Waals surface area contributed by atoms with E-state index in [2.05, 4.69) is 45.0 Å². The van der Waals surface area contributed by atoms with Crippen LogP contribution in [-0.4, -0.2) is 5.11 Å². The molecular formula is C25H36O. The van der Waals surface area contributed by atoms with Gasteiger partial charge in [0.25, 0.3) is 0 Å². The second-order valence-electron chi connectivity index (χ2n) is 8.09. The van der Waals surface area contributed by atoms with Crippen molar-refractivity contribution in [3.63, 3.8) is 0 Å². The fourth-order valence-electron chi connectivity index (χ4n) is 3.60. The molecule has 1 N–H and O–H groups in total. The molecule has 142 valence electrons. The smallest absolute Gasteiger partial charge is 0.115 e. The van der Waals surface area contributed by atoms with E-state index in [1.165, 1.54) is 74.5 Å². The number of hydrogen-bond acceptors (Lipinski definition) is 1. The Labute approximate surface area is 160 Å². The maximum absolute atomic E-state index is 9.50. The molecule has 2 aromatic rings. The zero-order chi connectivity index (χ0) is 18.8. The van der Waals surface area contributed by atoms with E-state index in [0.29, 0.717) is 5.75 Å². The number of unbranched alkanes of at least 4 members (excludes halogenated alkanes) is 7. The van der Waals surface area contributed by atoms with Crippen molar-refractivity contribution >= 4 is 0 Å². The molecule has 26 heavy (non-hydrogen) atoms. The van der Waals surface area contributed by atoms with Gasteiger partial charge in [-0.25, -0.2) is 0 Å². The molecule has 0 unspecified atom stereocenters. The van der Waals surface area contributed by atoms with Crippen LogP contribution in [0.25, 0.3) is 0 Å². The van der Waals surface area contributed by atoms with Crippen LogP contribution >= 0.6 is 0 Å². The number of rotatable bonds is 11. The SMILES string of the molecule is CCCCCCCCCCc1ccc(C(C)(C)c2ccc(O)cc2)cc1. The van der Waals surface area contributed by atoms with Crippen LogP contribution in [0.1, 0.15) is 88.8 Å². The number of aryl methyl sites for hydroxylation is 1. The summed E-state index contributed by atoms with van der Waals surface area (Å²) in [4.78, 5) is 0. The van der Waals surface area contributed by atoms with E-state index in [-0.39, 0.29) is 5.41 Å². The van der Waals surface area contributed by atoms with Gasteiger partial charge in [0, 0.05) is 5.41 Å². The molecule has 1 nitrogen and oxygen atoms in total. The van der Waals surface area contributed by atoms with Crippen LogP contribution < -0.4 is 0 Å². The first-order valence-corrected chi connectivity index (χ1v) is 10.4. The van der Waals surface area contributed by atoms with Crippen LogP contribution in [0.15, 0.2) is 48.5 Å². The van der Waals surface area contributed by atoms with Crippen LogP contribution in [0, 0.1) is 0 Å². The van der Waals surface area contributed by atoms with E-state index in [0.717, 1.165) is 0 Å². The standard InChI is InChI=1S/C25H36O/c1-4-5-6-7-8-9-10-11-12-21-13-15-22(16-14-21)25(2,3)23-17-19-24(26)20-18-23/h13-20,26H,4-12H2,1-3H3. The molecular weight excluding hydrogens is 316 g/mol. The number of phenols is 1. The predicted molar refractivity (Wildman–Crippen MR) is 113 cm³/mol. The number of phenolic OH excluding ortho intramolecular Hbond substituents is 1. The van der Waals surface area contributed by atoms with Crippen LogP contribution in [0.5, 0.6) is 5.75 Å². The van der Waals surface area contributed by atoms with Crippen LogP contribution in [0.3, 0.4) is 0 Å². The molecule has 2 rings (SSSR count). The third-order valence-corrected chi connectivity index (χ3v) is 5.58. The lowest BCUT2D eigenvalue weighted by Crippen LogP contribution is -2.18. The highest BCUT2D eigenvalue weighted by Gasteiger charge is 2.22. The van der Waals surface area contributed by atoms with Gasteiger partial charge < -0.3 is 5.11 Å². The molecule has 1 heteroatoms. The van der Waals surface area contributed by atoms with Gasteiger partial charge in [0.1, 0.15) is 5.75 Å². The molecule has 0 fully saturated rings. The molecule has 0 atom stereocenters. The summed E-state index contributed by atoms with van der Waals surface area (Å²) in [5.74, 6) is 0.324. The summed E-state index contributed by atoms with van der Waals surface area (Å²) in [6.45, 7) is 6.76. The van der Waals surface area contributed by atoms with E-state index in [1.807, 2.05) is 12.1 Å². The summed E-state index contributed by atoms with van der Waals surface area (Å²) in [7, 11) is 0. The van der Waals surface area contributed by atoms with Crippen molar-refractivity contribution in [2.75, 3.05) is 0 Å². The molecule has 0 heterocycles. The van der Waals surface area contributed by atoms with Crippen LogP contribution in [-0.2, 0) is 11.8 Å². The number of aromatic hydroxyl groups is 1. The summed E-state index contributed by atoms with van der Waals surface area (Å²) >= 11 is 0. The van der Waals surface area contributed by atoms with E-state index < -0.39 is 0 Å². The van der Waals surface area contributed by atoms with E-state index in [9.17, 15) is 5.11 Å². The second kappa shape index (κ2) is 10.4. The third kappa shape index (κ3) is 6.20. The van der Waals surface area contributed by atoms with Gasteiger partial charge in [-0.2, -0.15) is 0 Å². The van der Waals surface area contributed by atoms with E-state index >= 15 is 0 Å². The quantitative estimate of drug-likeness (QED) is 0.418. The molecule has 0 spiro atoms. The average Bonchev–Trinajstić information content (AvgIpc) is 2.65. The molecule has 0 radical (unpaired) electrons. The Morgan fingerprint density at radius 2 is 1.12 bits per heavy atom. The van der Waals surface area contributed by atoms with Crippen molar-refractivity contribution in [3.8, 4) is 5.75 Å². The topological polar surface area (TPSA) is 20.2 Å². The maximum Gasteiger partial charge on any atom is 0.115 e. The summed E-state index contributed by atoms with van der Waals surface area (Å²) in [5.41, 5.74) is 3.94. The fourth-order valence-corrected chi connectivity index (χ4v) is 3.60. The zero-order valence-corrected chi connectivity index (χ0v) is 16.9. The highest BCUT2D eigenvalue weighted by atomic mass is 16.3. The molecule has 0 aliphatic carbocycles. The highest BCUT2D eigenvalue weighted by molar-refractivity contribution is 5.40. The first-order valence-electron chi connectivity index (χ1n) is 10.4. The van der Waals surface area contributed by atoms with E-state index in [1.54, 1.807) is 12.1 Å². The molecule has 0 saturated carbocycles. The minimum Gasteiger partial charge on any atom is -0.508 e. The van der Waals surface area contributed by atoms with Gasteiger partial charge in [-0.3, -0.25) is 0 Å². The second-order valence-corrected chi connectivity index (χ2v) is 8.09. The van der Waals surface area contributed by atoms with Gasteiger partial charge in [0.15, 0.2) is 0 Å². The fraction of sp³-hybridized carbons (Fsp3) is 0.520. The Bertz CT molecular complexity index is 622. The van der Waals surface area contributed by atoms with E-state index in [4.69, 9.17) is 0 Å². The van der Waals surface area contributed by atoms with Crippen LogP contribution in [0.4, 0.5) is 0 Å². The number of benzene rings is 2. The Hall–Kier alpha value is -1.76. The van der Waals surface area contributed by atoms with Crippen molar-refractivity contribution < 1.29 is 5.11 Å². The largest absolute Gasteiger partial charge is 0.508 e. The number of hydrogen-bond donors (Lipinski definition) is 1. The molecule has 2 aromatic carbocycles. The van der Waals surface area contributed by atoms with Crippen molar-refractivity contribution in [1.82, 2.24) is 0 Å². The predicted octanol–water partition coefficient (Wildman–Crippen LogP) is 7.40. The van der Waals surface area contributed by atoms with Gasteiger partial charge in [0.2, 0.25) is 0 Å². The Kier molecular flexibility index (Phi) is 8.22. The van der Waals surface area contributed by atoms with Crippen molar-refractivity contribution in [3.05, 3.63) is 65.2 Å². The van der Waals surface area contributed by atoms with Gasteiger partial charge in [-0.05, 0) is 41.7 Å². The van der Waals surface area contributed by atoms with Gasteiger partial charge in [0.05, 0.1) is 0 Å². The lowest BCUT2D eigenvalue weighted by molar-refractivity contribution is 0.474. The molecule has 0 aliphatic rings. The normalized spacial score (nSPS) is 11.7. The molecule has 0 saturated heterocycles. The lowest BCUT2D eigenvalue weighted by Gasteiger charge is -2.26. The Balaban J connectivity index is 1.79. The zero-order valence-electron chi connectivity index (χ0n) is 16.9. The van der Waals surface area contributed by atoms with Gasteiger partial charge in [-0.1, -0.05) is 102 Å². The first kappa shape index (κ1) is 20.6. The monoisotopic (exact) mass is 352 g/mol. The lowest BCUT2D eigenvalue weighted by atomic mass is 9.78. The maximum atomic E-state index is 9.50. The minimum absolute atomic E-state index is 0.0509. The minimum atomic E-state index is -0.0509. The molecule has 0 bridgehead atoms.